The van der Waals surface area contributed by atoms with E-state index < -0.39 is 17.9 Å². The largest absolute Gasteiger partial charge is 0.368 e. The summed E-state index contributed by atoms with van der Waals surface area (Å²) in [7, 11) is 0. The molecule has 3 saturated heterocycles. The zero-order chi connectivity index (χ0) is 17.7. The zero-order valence-corrected chi connectivity index (χ0v) is 15.1. The number of ether oxygens (including phenoxy) is 6. The van der Waals surface area contributed by atoms with Crippen molar-refractivity contribution in [2.45, 2.75) is 76.6 Å². The third-order valence-corrected chi connectivity index (χ3v) is 4.71. The second kappa shape index (κ2) is 6.30. The molecule has 3 heterocycles. The molecule has 3 fully saturated rings. The van der Waals surface area contributed by atoms with Gasteiger partial charge in [-0.2, -0.15) is 0 Å². The average Bonchev–Trinajstić information content (AvgIpc) is 3.15. The van der Waals surface area contributed by atoms with Crippen molar-refractivity contribution in [1.29, 1.82) is 0 Å². The van der Waals surface area contributed by atoms with Gasteiger partial charge in [-0.1, -0.05) is 30.3 Å². The molecule has 6 heteroatoms. The number of hydrogen-bond donors (Lipinski definition) is 0. The predicted octanol–water partition coefficient (Wildman–Crippen LogP) is 2.60. The Morgan fingerprint density at radius 1 is 0.960 bits per heavy atom. The van der Waals surface area contributed by atoms with Gasteiger partial charge in [-0.15, -0.1) is 0 Å². The van der Waals surface area contributed by atoms with Crippen LogP contribution in [0.15, 0.2) is 30.3 Å². The first-order valence-electron chi connectivity index (χ1n) is 8.81. The molecular weight excluding hydrogens is 324 g/mol. The number of fused-ring (bicyclic) bond motifs is 1. The molecule has 3 aliphatic heterocycles. The van der Waals surface area contributed by atoms with Crippen LogP contribution in [0.5, 0.6) is 0 Å². The van der Waals surface area contributed by atoms with Gasteiger partial charge in [0.2, 0.25) is 0 Å². The molecule has 0 saturated carbocycles. The zero-order valence-electron chi connectivity index (χ0n) is 15.1. The highest BCUT2D eigenvalue weighted by molar-refractivity contribution is 5.13. The lowest BCUT2D eigenvalue weighted by Gasteiger charge is -2.29. The molecule has 1 aromatic carbocycles. The highest BCUT2D eigenvalue weighted by atomic mass is 16.8. The van der Waals surface area contributed by atoms with E-state index in [2.05, 4.69) is 0 Å². The standard InChI is InChI=1S/C19H26O6/c1-18(2)21-11-13(23-18)14-15(20-10-12-8-6-5-7-9-12)16-17(22-14)25-19(3,4)24-16/h5-9,13-17H,10-11H2,1-4H3/t13-,14+,15-,16?,17?/m0/s1. The molecular formula is C19H26O6. The molecule has 1 aromatic rings. The maximum atomic E-state index is 6.22. The van der Waals surface area contributed by atoms with Gasteiger partial charge < -0.3 is 28.4 Å². The summed E-state index contributed by atoms with van der Waals surface area (Å²) in [5, 5.41) is 0. The van der Waals surface area contributed by atoms with Gasteiger partial charge in [-0.3, -0.25) is 0 Å². The maximum absolute atomic E-state index is 6.22. The lowest BCUT2D eigenvalue weighted by Crippen LogP contribution is -2.44. The monoisotopic (exact) mass is 350 g/mol. The fourth-order valence-corrected chi connectivity index (χ4v) is 3.64. The normalized spacial score (nSPS) is 38.8. The van der Waals surface area contributed by atoms with E-state index in [1.807, 2.05) is 58.0 Å². The first-order chi connectivity index (χ1) is 11.8. The molecule has 3 aliphatic rings. The van der Waals surface area contributed by atoms with E-state index in [-0.39, 0.29) is 24.4 Å². The van der Waals surface area contributed by atoms with Crippen molar-refractivity contribution in [2.75, 3.05) is 6.61 Å². The summed E-state index contributed by atoms with van der Waals surface area (Å²) in [5.41, 5.74) is 1.10. The Labute approximate surface area is 148 Å². The van der Waals surface area contributed by atoms with Crippen LogP contribution < -0.4 is 0 Å². The van der Waals surface area contributed by atoms with E-state index in [0.29, 0.717) is 13.2 Å². The van der Waals surface area contributed by atoms with Crippen LogP contribution in [-0.4, -0.2) is 48.9 Å². The number of rotatable bonds is 4. The van der Waals surface area contributed by atoms with Crippen molar-refractivity contribution in [3.05, 3.63) is 35.9 Å². The predicted molar refractivity (Wildman–Crippen MR) is 88.6 cm³/mol. The molecule has 0 amide bonds. The highest BCUT2D eigenvalue weighted by Crippen LogP contribution is 2.42. The highest BCUT2D eigenvalue weighted by Gasteiger charge is 2.58. The molecule has 0 spiro atoms. The van der Waals surface area contributed by atoms with Crippen molar-refractivity contribution in [1.82, 2.24) is 0 Å². The third kappa shape index (κ3) is 3.60. The summed E-state index contributed by atoms with van der Waals surface area (Å²) >= 11 is 0. The summed E-state index contributed by atoms with van der Waals surface area (Å²) in [6, 6.07) is 10.1. The molecule has 2 unspecified atom stereocenters. The van der Waals surface area contributed by atoms with Crippen LogP contribution in [0.4, 0.5) is 0 Å². The van der Waals surface area contributed by atoms with Gasteiger partial charge in [0.15, 0.2) is 17.9 Å². The van der Waals surface area contributed by atoms with E-state index in [1.165, 1.54) is 0 Å². The van der Waals surface area contributed by atoms with Gasteiger partial charge in [-0.05, 0) is 33.3 Å². The molecule has 6 nitrogen and oxygen atoms in total. The van der Waals surface area contributed by atoms with Crippen molar-refractivity contribution < 1.29 is 28.4 Å². The third-order valence-electron chi connectivity index (χ3n) is 4.71. The fraction of sp³-hybridized carbons (Fsp3) is 0.684. The molecule has 0 aromatic heterocycles. The Bertz CT molecular complexity index is 601. The van der Waals surface area contributed by atoms with E-state index in [1.54, 1.807) is 0 Å². The lowest BCUT2D eigenvalue weighted by atomic mass is 10.1. The molecule has 0 aliphatic carbocycles. The Morgan fingerprint density at radius 2 is 1.72 bits per heavy atom. The summed E-state index contributed by atoms with van der Waals surface area (Å²) in [6.45, 7) is 8.52. The molecule has 0 N–H and O–H groups in total. The van der Waals surface area contributed by atoms with Crippen LogP contribution in [0.25, 0.3) is 0 Å². The molecule has 5 atom stereocenters. The van der Waals surface area contributed by atoms with Crippen molar-refractivity contribution in [2.24, 2.45) is 0 Å². The van der Waals surface area contributed by atoms with Crippen LogP contribution in [0.3, 0.4) is 0 Å². The minimum absolute atomic E-state index is 0.211. The van der Waals surface area contributed by atoms with Gasteiger partial charge in [0.1, 0.15) is 24.4 Å². The Balaban J connectivity index is 1.50. The van der Waals surface area contributed by atoms with Crippen molar-refractivity contribution >= 4 is 0 Å². The molecule has 0 radical (unpaired) electrons. The first kappa shape index (κ1) is 17.4. The van der Waals surface area contributed by atoms with Gasteiger partial charge in [0, 0.05) is 0 Å². The van der Waals surface area contributed by atoms with E-state index in [4.69, 9.17) is 28.4 Å². The molecule has 4 rings (SSSR count). The van der Waals surface area contributed by atoms with E-state index in [9.17, 15) is 0 Å². The van der Waals surface area contributed by atoms with Crippen LogP contribution >= 0.6 is 0 Å². The summed E-state index contributed by atoms with van der Waals surface area (Å²) in [6.07, 6.45) is -1.52. The second-order valence-corrected chi connectivity index (χ2v) is 7.70. The van der Waals surface area contributed by atoms with Gasteiger partial charge in [0.25, 0.3) is 0 Å². The SMILES string of the molecule is CC1(C)OC2O[C@H]([C@@H]3COC(C)(C)O3)[C@H](OCc3ccccc3)C2O1. The van der Waals surface area contributed by atoms with Gasteiger partial charge in [-0.25, -0.2) is 0 Å². The quantitative estimate of drug-likeness (QED) is 0.832. The Hall–Kier alpha value is -1.02. The van der Waals surface area contributed by atoms with Gasteiger partial charge >= 0.3 is 0 Å². The van der Waals surface area contributed by atoms with E-state index in [0.717, 1.165) is 5.56 Å². The minimum Gasteiger partial charge on any atom is -0.368 e. The maximum Gasteiger partial charge on any atom is 0.190 e. The molecule has 138 valence electrons. The van der Waals surface area contributed by atoms with Crippen LogP contribution in [0, 0.1) is 0 Å². The topological polar surface area (TPSA) is 55.4 Å². The second-order valence-electron chi connectivity index (χ2n) is 7.70. The lowest BCUT2D eigenvalue weighted by molar-refractivity contribution is -0.236. The molecule has 25 heavy (non-hydrogen) atoms. The number of benzene rings is 1. The fourth-order valence-electron chi connectivity index (χ4n) is 3.64. The molecule has 0 bridgehead atoms. The van der Waals surface area contributed by atoms with Crippen LogP contribution in [0.2, 0.25) is 0 Å². The first-order valence-corrected chi connectivity index (χ1v) is 8.81. The van der Waals surface area contributed by atoms with E-state index >= 15 is 0 Å². The smallest absolute Gasteiger partial charge is 0.190 e. The summed E-state index contributed by atoms with van der Waals surface area (Å²) in [4.78, 5) is 0. The summed E-state index contributed by atoms with van der Waals surface area (Å²) in [5.74, 6) is -1.29. The van der Waals surface area contributed by atoms with Crippen molar-refractivity contribution in [3.8, 4) is 0 Å². The summed E-state index contributed by atoms with van der Waals surface area (Å²) < 4.78 is 36.0. The van der Waals surface area contributed by atoms with Crippen molar-refractivity contribution in [3.63, 3.8) is 0 Å². The number of hydrogen-bond acceptors (Lipinski definition) is 6. The Kier molecular flexibility index (Phi) is 4.38. The average molecular weight is 350 g/mol. The minimum atomic E-state index is -0.680. The van der Waals surface area contributed by atoms with Crippen LogP contribution in [0.1, 0.15) is 33.3 Å². The Morgan fingerprint density at radius 3 is 2.40 bits per heavy atom. The van der Waals surface area contributed by atoms with Crippen LogP contribution in [-0.2, 0) is 35.0 Å². The van der Waals surface area contributed by atoms with Gasteiger partial charge in [0.05, 0.1) is 13.2 Å².